The molecule has 0 bridgehead atoms. The van der Waals surface area contributed by atoms with Crippen molar-refractivity contribution in [1.29, 1.82) is 0 Å². The summed E-state index contributed by atoms with van der Waals surface area (Å²) in [7, 11) is 0. The third-order valence-electron chi connectivity index (χ3n) is 3.30. The molecular formula is C14H20F2IN3O. The second kappa shape index (κ2) is 8.47. The maximum Gasteiger partial charge on any atom is 0.193 e. The predicted molar refractivity (Wildman–Crippen MR) is 90.0 cm³/mol. The summed E-state index contributed by atoms with van der Waals surface area (Å²) in [4.78, 5) is 4.19. The second-order valence-electron chi connectivity index (χ2n) is 5.05. The monoisotopic (exact) mass is 411 g/mol. The molecule has 1 fully saturated rings. The van der Waals surface area contributed by atoms with Crippen LogP contribution in [0.3, 0.4) is 0 Å². The molecule has 2 atom stereocenters. The highest BCUT2D eigenvalue weighted by Gasteiger charge is 2.18. The number of guanidine groups is 1. The Labute approximate surface area is 140 Å². The molecule has 0 amide bonds. The van der Waals surface area contributed by atoms with Crippen molar-refractivity contribution in [2.24, 2.45) is 16.6 Å². The quantitative estimate of drug-likeness (QED) is 0.457. The molecule has 118 valence electrons. The number of ether oxygens (including phenoxy) is 1. The molecule has 0 aromatic heterocycles. The van der Waals surface area contributed by atoms with Gasteiger partial charge in [0.05, 0.1) is 11.8 Å². The van der Waals surface area contributed by atoms with Gasteiger partial charge in [0.25, 0.3) is 0 Å². The molecule has 1 saturated heterocycles. The van der Waals surface area contributed by atoms with Gasteiger partial charge >= 0.3 is 0 Å². The Morgan fingerprint density at radius 1 is 1.48 bits per heavy atom. The van der Waals surface area contributed by atoms with Crippen LogP contribution in [0.2, 0.25) is 0 Å². The van der Waals surface area contributed by atoms with Crippen LogP contribution in [0.4, 0.5) is 14.5 Å². The minimum atomic E-state index is -0.566. The van der Waals surface area contributed by atoms with E-state index in [1.54, 1.807) is 0 Å². The SMILES string of the molecule is CC1CC(CN=C(N)Nc2cc(F)ccc2F)CCO1.I. The molecule has 0 aliphatic carbocycles. The first-order chi connectivity index (χ1) is 9.54. The van der Waals surface area contributed by atoms with Crippen LogP contribution in [0.1, 0.15) is 19.8 Å². The highest BCUT2D eigenvalue weighted by atomic mass is 127. The molecule has 1 aromatic rings. The summed E-state index contributed by atoms with van der Waals surface area (Å²) in [6.07, 6.45) is 2.11. The van der Waals surface area contributed by atoms with Crippen molar-refractivity contribution in [1.82, 2.24) is 0 Å². The van der Waals surface area contributed by atoms with E-state index in [9.17, 15) is 8.78 Å². The Hall–Kier alpha value is -0.960. The predicted octanol–water partition coefficient (Wildman–Crippen LogP) is 3.12. The lowest BCUT2D eigenvalue weighted by molar-refractivity contribution is 0.00482. The molecule has 0 radical (unpaired) electrons. The first-order valence-corrected chi connectivity index (χ1v) is 6.68. The standard InChI is InChI=1S/C14H19F2N3O.HI/c1-9-6-10(4-5-20-9)8-18-14(17)19-13-7-11(15)2-3-12(13)16;/h2-3,7,9-10H,4-6,8H2,1H3,(H3,17,18,19);1H. The van der Waals surface area contributed by atoms with Gasteiger partial charge in [0, 0.05) is 19.2 Å². The topological polar surface area (TPSA) is 59.6 Å². The van der Waals surface area contributed by atoms with Crippen molar-refractivity contribution >= 4 is 35.6 Å². The van der Waals surface area contributed by atoms with Gasteiger partial charge < -0.3 is 15.8 Å². The van der Waals surface area contributed by atoms with Gasteiger partial charge in [-0.15, -0.1) is 24.0 Å². The fourth-order valence-electron chi connectivity index (χ4n) is 2.26. The minimum absolute atomic E-state index is 0. The summed E-state index contributed by atoms with van der Waals surface area (Å²) in [5, 5.41) is 2.58. The fourth-order valence-corrected chi connectivity index (χ4v) is 2.26. The number of hydrogen-bond donors (Lipinski definition) is 2. The van der Waals surface area contributed by atoms with Gasteiger partial charge in [-0.25, -0.2) is 8.78 Å². The first kappa shape index (κ1) is 18.1. The molecule has 4 nitrogen and oxygen atoms in total. The number of rotatable bonds is 3. The van der Waals surface area contributed by atoms with E-state index in [1.807, 2.05) is 6.92 Å². The number of nitrogens with zero attached hydrogens (tertiary/aromatic N) is 1. The molecular weight excluding hydrogens is 391 g/mol. The zero-order chi connectivity index (χ0) is 14.5. The molecule has 1 heterocycles. The van der Waals surface area contributed by atoms with E-state index >= 15 is 0 Å². The smallest absolute Gasteiger partial charge is 0.193 e. The van der Waals surface area contributed by atoms with Crippen LogP contribution in [-0.2, 0) is 4.74 Å². The summed E-state index contributed by atoms with van der Waals surface area (Å²) < 4.78 is 31.9. The molecule has 0 saturated carbocycles. The van der Waals surface area contributed by atoms with Crippen LogP contribution in [0.5, 0.6) is 0 Å². The van der Waals surface area contributed by atoms with Gasteiger partial charge in [0.2, 0.25) is 0 Å². The van der Waals surface area contributed by atoms with E-state index in [-0.39, 0.29) is 41.7 Å². The molecule has 0 spiro atoms. The summed E-state index contributed by atoms with van der Waals surface area (Å²) >= 11 is 0. The normalized spacial score (nSPS) is 22.5. The van der Waals surface area contributed by atoms with E-state index in [1.165, 1.54) is 0 Å². The van der Waals surface area contributed by atoms with Crippen molar-refractivity contribution in [2.45, 2.75) is 25.9 Å². The Balaban J connectivity index is 0.00000220. The third kappa shape index (κ3) is 5.74. The average Bonchev–Trinajstić information content (AvgIpc) is 2.41. The maximum absolute atomic E-state index is 13.4. The van der Waals surface area contributed by atoms with E-state index in [2.05, 4.69) is 10.3 Å². The first-order valence-electron chi connectivity index (χ1n) is 6.68. The zero-order valence-electron chi connectivity index (χ0n) is 11.8. The molecule has 21 heavy (non-hydrogen) atoms. The van der Waals surface area contributed by atoms with E-state index < -0.39 is 11.6 Å². The third-order valence-corrected chi connectivity index (χ3v) is 3.30. The van der Waals surface area contributed by atoms with Crippen molar-refractivity contribution in [3.8, 4) is 0 Å². The zero-order valence-corrected chi connectivity index (χ0v) is 14.1. The van der Waals surface area contributed by atoms with Crippen LogP contribution in [0, 0.1) is 17.6 Å². The number of benzene rings is 1. The van der Waals surface area contributed by atoms with Crippen LogP contribution < -0.4 is 11.1 Å². The van der Waals surface area contributed by atoms with Gasteiger partial charge in [-0.05, 0) is 37.8 Å². The lowest BCUT2D eigenvalue weighted by Crippen LogP contribution is -2.28. The molecule has 7 heteroatoms. The minimum Gasteiger partial charge on any atom is -0.378 e. The summed E-state index contributed by atoms with van der Waals surface area (Å²) in [6.45, 7) is 3.32. The summed E-state index contributed by atoms with van der Waals surface area (Å²) in [5.41, 5.74) is 5.69. The number of hydrogen-bond acceptors (Lipinski definition) is 2. The number of nitrogens with one attached hydrogen (secondary N) is 1. The van der Waals surface area contributed by atoms with Crippen molar-refractivity contribution in [2.75, 3.05) is 18.5 Å². The van der Waals surface area contributed by atoms with Crippen LogP contribution >= 0.6 is 24.0 Å². The molecule has 2 unspecified atom stereocenters. The van der Waals surface area contributed by atoms with E-state index in [4.69, 9.17) is 10.5 Å². The lowest BCUT2D eigenvalue weighted by Gasteiger charge is -2.26. The van der Waals surface area contributed by atoms with Crippen molar-refractivity contribution < 1.29 is 13.5 Å². The average molecular weight is 411 g/mol. The lowest BCUT2D eigenvalue weighted by atomic mass is 9.96. The van der Waals surface area contributed by atoms with Crippen LogP contribution in [-0.4, -0.2) is 25.2 Å². The Kier molecular flexibility index (Phi) is 7.30. The summed E-state index contributed by atoms with van der Waals surface area (Å²) in [6, 6.07) is 3.15. The van der Waals surface area contributed by atoms with Gasteiger partial charge in [0.15, 0.2) is 5.96 Å². The molecule has 1 aliphatic heterocycles. The number of anilines is 1. The van der Waals surface area contributed by atoms with Crippen LogP contribution in [0.15, 0.2) is 23.2 Å². The van der Waals surface area contributed by atoms with Crippen LogP contribution in [0.25, 0.3) is 0 Å². The molecule has 1 aromatic carbocycles. The van der Waals surface area contributed by atoms with E-state index in [0.717, 1.165) is 37.6 Å². The Morgan fingerprint density at radius 3 is 2.95 bits per heavy atom. The Morgan fingerprint density at radius 2 is 2.24 bits per heavy atom. The summed E-state index contributed by atoms with van der Waals surface area (Å²) in [5.74, 6) is -0.589. The van der Waals surface area contributed by atoms with Gasteiger partial charge in [0.1, 0.15) is 11.6 Å². The highest BCUT2D eigenvalue weighted by Crippen LogP contribution is 2.20. The van der Waals surface area contributed by atoms with E-state index in [0.29, 0.717) is 12.5 Å². The molecule has 2 rings (SSSR count). The number of halogens is 3. The molecule has 3 N–H and O–H groups in total. The maximum atomic E-state index is 13.4. The van der Waals surface area contributed by atoms with Gasteiger partial charge in [-0.3, -0.25) is 4.99 Å². The Bertz CT molecular complexity index is 499. The van der Waals surface area contributed by atoms with Crippen molar-refractivity contribution in [3.05, 3.63) is 29.8 Å². The van der Waals surface area contributed by atoms with Gasteiger partial charge in [-0.1, -0.05) is 0 Å². The highest BCUT2D eigenvalue weighted by molar-refractivity contribution is 14.0. The number of nitrogens with two attached hydrogens (primary N) is 1. The largest absolute Gasteiger partial charge is 0.378 e. The van der Waals surface area contributed by atoms with Crippen molar-refractivity contribution in [3.63, 3.8) is 0 Å². The molecule has 1 aliphatic rings. The van der Waals surface area contributed by atoms with Gasteiger partial charge in [-0.2, -0.15) is 0 Å². The number of aliphatic imine (C=N–C) groups is 1. The second-order valence-corrected chi connectivity index (χ2v) is 5.05. The fraction of sp³-hybridized carbons (Fsp3) is 0.500.